The van der Waals surface area contributed by atoms with Crippen LogP contribution in [-0.4, -0.2) is 12.7 Å². The zero-order valence-electron chi connectivity index (χ0n) is 7.35. The van der Waals surface area contributed by atoms with Gasteiger partial charge in [0.1, 0.15) is 0 Å². The number of rotatable bonds is 2. The summed E-state index contributed by atoms with van der Waals surface area (Å²) in [5, 5.41) is 0. The highest BCUT2D eigenvalue weighted by Crippen LogP contribution is 2.27. The third-order valence-corrected chi connectivity index (χ3v) is 2.08. The van der Waals surface area contributed by atoms with E-state index >= 15 is 0 Å². The highest BCUT2D eigenvalue weighted by atomic mass is 16.7. The molecule has 2 unspecified atom stereocenters. The molecule has 1 aliphatic rings. The van der Waals surface area contributed by atoms with Gasteiger partial charge in [-0.3, -0.25) is 0 Å². The van der Waals surface area contributed by atoms with Gasteiger partial charge in [-0.1, -0.05) is 30.3 Å². The van der Waals surface area contributed by atoms with E-state index in [2.05, 4.69) is 0 Å². The minimum Gasteiger partial charge on any atom is -0.346 e. The van der Waals surface area contributed by atoms with Crippen molar-refractivity contribution in [1.29, 1.82) is 0 Å². The molecule has 2 rings (SSSR count). The SMILES string of the molecule is [CH]CC1COC(c2ccccc2)O1. The second-order valence-electron chi connectivity index (χ2n) is 3.07. The van der Waals surface area contributed by atoms with Crippen molar-refractivity contribution in [3.8, 4) is 0 Å². The van der Waals surface area contributed by atoms with Gasteiger partial charge in [0.25, 0.3) is 0 Å². The summed E-state index contributed by atoms with van der Waals surface area (Å²) < 4.78 is 11.0. The van der Waals surface area contributed by atoms with E-state index in [0.29, 0.717) is 13.0 Å². The van der Waals surface area contributed by atoms with Gasteiger partial charge in [0.2, 0.25) is 0 Å². The molecule has 1 fully saturated rings. The maximum Gasteiger partial charge on any atom is 0.184 e. The highest BCUT2D eigenvalue weighted by molar-refractivity contribution is 5.16. The normalized spacial score (nSPS) is 27.8. The Bertz CT molecular complexity index is 258. The first-order valence-electron chi connectivity index (χ1n) is 4.42. The zero-order valence-corrected chi connectivity index (χ0v) is 7.35. The van der Waals surface area contributed by atoms with Crippen molar-refractivity contribution in [2.24, 2.45) is 0 Å². The molecule has 1 aromatic rings. The smallest absolute Gasteiger partial charge is 0.184 e. The van der Waals surface area contributed by atoms with Crippen molar-refractivity contribution < 1.29 is 9.47 Å². The monoisotopic (exact) mass is 176 g/mol. The molecule has 1 aromatic carbocycles. The molecule has 2 atom stereocenters. The molecule has 0 aliphatic carbocycles. The van der Waals surface area contributed by atoms with Crippen LogP contribution in [0.2, 0.25) is 0 Å². The van der Waals surface area contributed by atoms with Crippen LogP contribution in [-0.2, 0) is 9.47 Å². The van der Waals surface area contributed by atoms with Gasteiger partial charge in [-0.25, -0.2) is 0 Å². The highest BCUT2D eigenvalue weighted by Gasteiger charge is 2.25. The molecule has 1 aliphatic heterocycles. The maximum absolute atomic E-state index is 5.55. The summed E-state index contributed by atoms with van der Waals surface area (Å²) in [6, 6.07) is 9.89. The standard InChI is InChI=1S/C11H12O2/c1-2-10-8-12-11(13-10)9-6-4-3-5-7-9/h1,3-7,10-11H,2,8H2. The molecule has 0 spiro atoms. The summed E-state index contributed by atoms with van der Waals surface area (Å²) in [5.41, 5.74) is 1.05. The quantitative estimate of drug-likeness (QED) is 0.687. The molecule has 68 valence electrons. The fourth-order valence-corrected chi connectivity index (χ4v) is 1.36. The van der Waals surface area contributed by atoms with Crippen LogP contribution in [0.5, 0.6) is 0 Å². The van der Waals surface area contributed by atoms with Crippen LogP contribution in [0.1, 0.15) is 18.3 Å². The third-order valence-electron chi connectivity index (χ3n) is 2.08. The Labute approximate surface area is 78.5 Å². The van der Waals surface area contributed by atoms with Crippen molar-refractivity contribution in [1.82, 2.24) is 0 Å². The van der Waals surface area contributed by atoms with Crippen LogP contribution in [0.4, 0.5) is 0 Å². The molecule has 2 heteroatoms. The molecule has 2 radical (unpaired) electrons. The number of hydrogen-bond donors (Lipinski definition) is 0. The van der Waals surface area contributed by atoms with Crippen molar-refractivity contribution in [2.75, 3.05) is 6.61 Å². The van der Waals surface area contributed by atoms with Gasteiger partial charge in [-0.15, -0.1) is 0 Å². The zero-order chi connectivity index (χ0) is 9.10. The van der Waals surface area contributed by atoms with E-state index in [9.17, 15) is 0 Å². The van der Waals surface area contributed by atoms with Crippen molar-refractivity contribution in [3.63, 3.8) is 0 Å². The molecule has 0 saturated carbocycles. The van der Waals surface area contributed by atoms with Crippen LogP contribution < -0.4 is 0 Å². The second-order valence-corrected chi connectivity index (χ2v) is 3.07. The number of hydrogen-bond acceptors (Lipinski definition) is 2. The van der Waals surface area contributed by atoms with Crippen LogP contribution in [0, 0.1) is 6.92 Å². The Balaban J connectivity index is 2.04. The first kappa shape index (κ1) is 8.73. The van der Waals surface area contributed by atoms with Crippen LogP contribution in [0.3, 0.4) is 0 Å². The predicted octanol–water partition coefficient (Wildman–Crippen LogP) is 2.20. The molecule has 0 amide bonds. The van der Waals surface area contributed by atoms with Gasteiger partial charge < -0.3 is 9.47 Å². The van der Waals surface area contributed by atoms with E-state index in [-0.39, 0.29) is 12.4 Å². The number of ether oxygens (including phenoxy) is 2. The Hall–Kier alpha value is -0.860. The molecular formula is C11H12O2. The van der Waals surface area contributed by atoms with E-state index in [1.54, 1.807) is 0 Å². The lowest BCUT2D eigenvalue weighted by atomic mass is 10.2. The van der Waals surface area contributed by atoms with Crippen molar-refractivity contribution in [2.45, 2.75) is 18.8 Å². The molecule has 0 aromatic heterocycles. The minimum absolute atomic E-state index is 0.0465. The molecule has 13 heavy (non-hydrogen) atoms. The lowest BCUT2D eigenvalue weighted by molar-refractivity contribution is -0.0595. The lowest BCUT2D eigenvalue weighted by Crippen LogP contribution is -2.07. The average Bonchev–Trinajstić information content (AvgIpc) is 2.67. The number of benzene rings is 1. The van der Waals surface area contributed by atoms with Gasteiger partial charge in [0.05, 0.1) is 12.7 Å². The summed E-state index contributed by atoms with van der Waals surface area (Å²) in [4.78, 5) is 0. The van der Waals surface area contributed by atoms with Gasteiger partial charge in [-0.2, -0.15) is 0 Å². The predicted molar refractivity (Wildman–Crippen MR) is 48.9 cm³/mol. The fraction of sp³-hybridized carbons (Fsp3) is 0.364. The Kier molecular flexibility index (Phi) is 2.62. The maximum atomic E-state index is 5.55. The largest absolute Gasteiger partial charge is 0.346 e. The molecule has 1 saturated heterocycles. The summed E-state index contributed by atoms with van der Waals surface area (Å²) >= 11 is 0. The second kappa shape index (κ2) is 3.90. The summed E-state index contributed by atoms with van der Waals surface area (Å²) in [5.74, 6) is 0. The van der Waals surface area contributed by atoms with E-state index < -0.39 is 0 Å². The Morgan fingerprint density at radius 2 is 2.08 bits per heavy atom. The third kappa shape index (κ3) is 1.90. The van der Waals surface area contributed by atoms with E-state index in [4.69, 9.17) is 16.4 Å². The molecule has 0 bridgehead atoms. The summed E-state index contributed by atoms with van der Waals surface area (Å²) in [6.45, 7) is 6.06. The van der Waals surface area contributed by atoms with E-state index in [1.165, 1.54) is 0 Å². The van der Waals surface area contributed by atoms with Crippen molar-refractivity contribution >= 4 is 0 Å². The Morgan fingerprint density at radius 1 is 1.31 bits per heavy atom. The lowest BCUT2D eigenvalue weighted by Gasteiger charge is -2.09. The van der Waals surface area contributed by atoms with Crippen LogP contribution in [0.15, 0.2) is 30.3 Å². The Morgan fingerprint density at radius 3 is 2.69 bits per heavy atom. The van der Waals surface area contributed by atoms with Gasteiger partial charge in [-0.05, 0) is 13.3 Å². The first-order valence-corrected chi connectivity index (χ1v) is 4.42. The molecule has 0 N–H and O–H groups in total. The first-order chi connectivity index (χ1) is 6.40. The van der Waals surface area contributed by atoms with E-state index in [0.717, 1.165) is 5.56 Å². The van der Waals surface area contributed by atoms with Crippen LogP contribution in [0.25, 0.3) is 0 Å². The molecule has 2 nitrogen and oxygen atoms in total. The summed E-state index contributed by atoms with van der Waals surface area (Å²) in [6.07, 6.45) is 0.337. The molecule has 1 heterocycles. The van der Waals surface area contributed by atoms with Crippen LogP contribution >= 0.6 is 0 Å². The average molecular weight is 176 g/mol. The molecular weight excluding hydrogens is 164 g/mol. The van der Waals surface area contributed by atoms with Crippen molar-refractivity contribution in [3.05, 3.63) is 42.8 Å². The minimum atomic E-state index is -0.227. The topological polar surface area (TPSA) is 18.5 Å². The van der Waals surface area contributed by atoms with Gasteiger partial charge in [0, 0.05) is 5.56 Å². The summed E-state index contributed by atoms with van der Waals surface area (Å²) in [7, 11) is 0. The van der Waals surface area contributed by atoms with Gasteiger partial charge >= 0.3 is 0 Å². The van der Waals surface area contributed by atoms with Gasteiger partial charge in [0.15, 0.2) is 6.29 Å². The fourth-order valence-electron chi connectivity index (χ4n) is 1.36. The van der Waals surface area contributed by atoms with E-state index in [1.807, 2.05) is 30.3 Å².